The van der Waals surface area contributed by atoms with Crippen molar-refractivity contribution in [2.45, 2.75) is 13.0 Å². The number of rotatable bonds is 3. The maximum atomic E-state index is 12.3. The van der Waals surface area contributed by atoms with Crippen LogP contribution in [0.2, 0.25) is 0 Å². The molecule has 2 amide bonds. The van der Waals surface area contributed by atoms with Crippen molar-refractivity contribution in [1.82, 2.24) is 19.8 Å². The molecule has 1 saturated heterocycles. The lowest BCUT2D eigenvalue weighted by molar-refractivity contribution is 0.0946. The lowest BCUT2D eigenvalue weighted by Gasteiger charge is -2.39. The average Bonchev–Trinajstić information content (AvgIpc) is 3.19. The summed E-state index contributed by atoms with van der Waals surface area (Å²) < 4.78 is 0. The first-order chi connectivity index (χ1) is 10.3. The van der Waals surface area contributed by atoms with E-state index in [2.05, 4.69) is 27.1 Å². The molecular formula is C14H19N5OS. The zero-order valence-corrected chi connectivity index (χ0v) is 12.8. The van der Waals surface area contributed by atoms with Gasteiger partial charge in [0, 0.05) is 37.4 Å². The van der Waals surface area contributed by atoms with E-state index in [0.29, 0.717) is 6.54 Å². The van der Waals surface area contributed by atoms with Gasteiger partial charge in [0.25, 0.3) is 0 Å². The summed E-state index contributed by atoms with van der Waals surface area (Å²) in [4.78, 5) is 24.1. The number of piperazine rings is 1. The van der Waals surface area contributed by atoms with Gasteiger partial charge in [-0.15, -0.1) is 0 Å². The molecule has 1 aliphatic rings. The van der Waals surface area contributed by atoms with Gasteiger partial charge in [0.15, 0.2) is 0 Å². The average molecular weight is 305 g/mol. The lowest BCUT2D eigenvalue weighted by Crippen LogP contribution is -2.51. The summed E-state index contributed by atoms with van der Waals surface area (Å²) >= 11 is 1.57. The van der Waals surface area contributed by atoms with Crippen LogP contribution in [-0.2, 0) is 0 Å². The van der Waals surface area contributed by atoms with Crippen LogP contribution in [0.4, 0.5) is 10.5 Å². The highest BCUT2D eigenvalue weighted by atomic mass is 32.1. The molecule has 2 aromatic rings. The van der Waals surface area contributed by atoms with Crippen molar-refractivity contribution in [2.75, 3.05) is 31.5 Å². The SMILES string of the molecule is CCN1CCN(C(=O)Nc2ccsc2)CC1c1ncc[nH]1. The molecule has 0 radical (unpaired) electrons. The van der Waals surface area contributed by atoms with Crippen molar-refractivity contribution < 1.29 is 4.79 Å². The topological polar surface area (TPSA) is 64.3 Å². The minimum absolute atomic E-state index is 0.0410. The summed E-state index contributed by atoms with van der Waals surface area (Å²) in [5.41, 5.74) is 0.859. The van der Waals surface area contributed by atoms with Gasteiger partial charge in [-0.05, 0) is 18.0 Å². The fraction of sp³-hybridized carbons (Fsp3) is 0.429. The fourth-order valence-electron chi connectivity index (χ4n) is 2.64. The van der Waals surface area contributed by atoms with Gasteiger partial charge in [-0.1, -0.05) is 6.92 Å². The Bertz CT molecular complexity index is 568. The van der Waals surface area contributed by atoms with E-state index in [1.54, 1.807) is 17.5 Å². The van der Waals surface area contributed by atoms with Crippen LogP contribution < -0.4 is 5.32 Å². The molecule has 0 saturated carbocycles. The van der Waals surface area contributed by atoms with Gasteiger partial charge in [-0.25, -0.2) is 9.78 Å². The molecule has 3 heterocycles. The molecule has 112 valence electrons. The van der Waals surface area contributed by atoms with Crippen LogP contribution in [0.3, 0.4) is 0 Å². The summed E-state index contributed by atoms with van der Waals surface area (Å²) in [5.74, 6) is 0.921. The van der Waals surface area contributed by atoms with E-state index in [1.165, 1.54) is 0 Å². The number of aromatic nitrogens is 2. The Balaban J connectivity index is 1.69. The number of aromatic amines is 1. The predicted octanol–water partition coefficient (Wildman–Crippen LogP) is 2.38. The zero-order valence-electron chi connectivity index (χ0n) is 12.0. The van der Waals surface area contributed by atoms with E-state index in [0.717, 1.165) is 31.1 Å². The van der Waals surface area contributed by atoms with Crippen molar-refractivity contribution in [3.8, 4) is 0 Å². The van der Waals surface area contributed by atoms with Crippen molar-refractivity contribution >= 4 is 23.1 Å². The Morgan fingerprint density at radius 3 is 3.14 bits per heavy atom. The molecule has 0 spiro atoms. The van der Waals surface area contributed by atoms with Crippen LogP contribution in [-0.4, -0.2) is 52.0 Å². The Labute approximate surface area is 127 Å². The largest absolute Gasteiger partial charge is 0.347 e. The Kier molecular flexibility index (Phi) is 4.21. The second kappa shape index (κ2) is 6.28. The third-order valence-corrected chi connectivity index (χ3v) is 4.48. The number of H-pyrrole nitrogens is 1. The van der Waals surface area contributed by atoms with E-state index in [-0.39, 0.29) is 12.1 Å². The highest BCUT2D eigenvalue weighted by molar-refractivity contribution is 7.08. The maximum Gasteiger partial charge on any atom is 0.321 e. The number of hydrogen-bond donors (Lipinski definition) is 2. The molecular weight excluding hydrogens is 286 g/mol. The van der Waals surface area contributed by atoms with Crippen molar-refractivity contribution in [2.24, 2.45) is 0 Å². The van der Waals surface area contributed by atoms with Crippen molar-refractivity contribution in [1.29, 1.82) is 0 Å². The predicted molar refractivity (Wildman–Crippen MR) is 83.5 cm³/mol. The van der Waals surface area contributed by atoms with E-state index >= 15 is 0 Å². The van der Waals surface area contributed by atoms with Crippen molar-refractivity contribution in [3.05, 3.63) is 35.0 Å². The minimum atomic E-state index is -0.0410. The molecule has 1 atom stereocenters. The number of likely N-dealkylation sites (N-methyl/N-ethyl adjacent to an activating group) is 1. The molecule has 21 heavy (non-hydrogen) atoms. The van der Waals surface area contributed by atoms with Crippen molar-refractivity contribution in [3.63, 3.8) is 0 Å². The number of carbonyl (C=O) groups is 1. The number of thiophene rings is 1. The van der Waals surface area contributed by atoms with Gasteiger partial charge in [-0.3, -0.25) is 4.90 Å². The Morgan fingerprint density at radius 1 is 1.57 bits per heavy atom. The third-order valence-electron chi connectivity index (χ3n) is 3.79. The van der Waals surface area contributed by atoms with E-state index in [9.17, 15) is 4.79 Å². The summed E-state index contributed by atoms with van der Waals surface area (Å²) in [7, 11) is 0. The second-order valence-corrected chi connectivity index (χ2v) is 5.79. The molecule has 2 aromatic heterocycles. The summed E-state index contributed by atoms with van der Waals surface area (Å²) in [6.45, 7) is 5.33. The van der Waals surface area contributed by atoms with E-state index in [4.69, 9.17) is 0 Å². The highest BCUT2D eigenvalue weighted by Crippen LogP contribution is 2.23. The number of urea groups is 1. The Hall–Kier alpha value is -1.86. The molecule has 1 aliphatic heterocycles. The number of nitrogens with one attached hydrogen (secondary N) is 2. The second-order valence-electron chi connectivity index (χ2n) is 5.01. The third kappa shape index (κ3) is 3.08. The number of anilines is 1. The number of hydrogen-bond acceptors (Lipinski definition) is 4. The van der Waals surface area contributed by atoms with Gasteiger partial charge < -0.3 is 15.2 Å². The van der Waals surface area contributed by atoms with Gasteiger partial charge >= 0.3 is 6.03 Å². The van der Waals surface area contributed by atoms with Crippen LogP contribution in [0.25, 0.3) is 0 Å². The number of nitrogens with zero attached hydrogens (tertiary/aromatic N) is 3. The number of carbonyl (C=O) groups excluding carboxylic acids is 1. The van der Waals surface area contributed by atoms with E-state index in [1.807, 2.05) is 27.9 Å². The molecule has 7 heteroatoms. The standard InChI is InChI=1S/C14H19N5OS/c1-2-18-6-7-19(9-12(18)13-15-4-5-16-13)14(20)17-11-3-8-21-10-11/h3-5,8,10,12H,2,6-7,9H2,1H3,(H,15,16)(H,17,20). The smallest absolute Gasteiger partial charge is 0.321 e. The van der Waals surface area contributed by atoms with Gasteiger partial charge in [0.1, 0.15) is 5.82 Å². The van der Waals surface area contributed by atoms with Crippen LogP contribution in [0.5, 0.6) is 0 Å². The van der Waals surface area contributed by atoms with Crippen LogP contribution in [0.1, 0.15) is 18.8 Å². The first-order valence-corrected chi connectivity index (χ1v) is 8.03. The first kappa shape index (κ1) is 14.1. The summed E-state index contributed by atoms with van der Waals surface area (Å²) in [6, 6.07) is 2.00. The highest BCUT2D eigenvalue weighted by Gasteiger charge is 2.31. The minimum Gasteiger partial charge on any atom is -0.347 e. The van der Waals surface area contributed by atoms with Crippen LogP contribution in [0, 0.1) is 0 Å². The molecule has 2 N–H and O–H groups in total. The summed E-state index contributed by atoms with van der Waals surface area (Å²) in [5, 5.41) is 6.83. The molecule has 6 nitrogen and oxygen atoms in total. The van der Waals surface area contributed by atoms with Crippen LogP contribution >= 0.6 is 11.3 Å². The lowest BCUT2D eigenvalue weighted by atomic mass is 10.1. The monoisotopic (exact) mass is 305 g/mol. The molecule has 1 fully saturated rings. The molecule has 3 rings (SSSR count). The number of imidazole rings is 1. The van der Waals surface area contributed by atoms with Crippen LogP contribution in [0.15, 0.2) is 29.2 Å². The number of amides is 2. The molecule has 1 unspecified atom stereocenters. The molecule has 0 bridgehead atoms. The quantitative estimate of drug-likeness (QED) is 0.915. The fourth-order valence-corrected chi connectivity index (χ4v) is 3.23. The maximum absolute atomic E-state index is 12.3. The zero-order chi connectivity index (χ0) is 14.7. The van der Waals surface area contributed by atoms with Gasteiger partial charge in [-0.2, -0.15) is 11.3 Å². The molecule has 0 aromatic carbocycles. The molecule has 0 aliphatic carbocycles. The summed E-state index contributed by atoms with van der Waals surface area (Å²) in [6.07, 6.45) is 3.58. The first-order valence-electron chi connectivity index (χ1n) is 7.09. The van der Waals surface area contributed by atoms with E-state index < -0.39 is 0 Å². The van der Waals surface area contributed by atoms with Gasteiger partial charge in [0.2, 0.25) is 0 Å². The Morgan fingerprint density at radius 2 is 2.48 bits per heavy atom. The normalized spacial score (nSPS) is 19.7. The van der Waals surface area contributed by atoms with Gasteiger partial charge in [0.05, 0.1) is 11.7 Å².